The summed E-state index contributed by atoms with van der Waals surface area (Å²) in [5, 5.41) is 0.849. The van der Waals surface area contributed by atoms with Crippen LogP contribution in [0.5, 0.6) is 5.75 Å². The Balaban J connectivity index is 1.71. The van der Waals surface area contributed by atoms with Crippen molar-refractivity contribution in [2.75, 3.05) is 13.7 Å². The molecule has 0 aliphatic rings. The lowest BCUT2D eigenvalue weighted by molar-refractivity contribution is -0.147. The van der Waals surface area contributed by atoms with Gasteiger partial charge in [-0.1, -0.05) is 37.3 Å². The van der Waals surface area contributed by atoms with Gasteiger partial charge in [0.1, 0.15) is 12.4 Å². The summed E-state index contributed by atoms with van der Waals surface area (Å²) in [5.41, 5.74) is 3.31. The summed E-state index contributed by atoms with van der Waals surface area (Å²) in [6.07, 6.45) is 0.934. The summed E-state index contributed by atoms with van der Waals surface area (Å²) in [6, 6.07) is 15.0. The van der Waals surface area contributed by atoms with E-state index in [0.717, 1.165) is 22.9 Å². The van der Waals surface area contributed by atoms with E-state index < -0.39 is 11.9 Å². The van der Waals surface area contributed by atoms with Crippen LogP contribution in [0.2, 0.25) is 0 Å². The molecule has 0 atom stereocenters. The lowest BCUT2D eigenvalue weighted by Crippen LogP contribution is -2.17. The second kappa shape index (κ2) is 9.19. The first-order valence-corrected chi connectivity index (χ1v) is 9.37. The standard InChI is InChI=1S/C23H23NO5/c1-4-16-9-11-17(12-10-16)28-14-21(25)29-13-20-22(23(26)27-3)15(2)18-7-5-6-8-19(18)24-20/h5-12H,4,13-14H2,1-3H3. The number of hydrogen-bond donors (Lipinski definition) is 0. The van der Waals surface area contributed by atoms with Crippen molar-refractivity contribution in [3.8, 4) is 5.75 Å². The van der Waals surface area contributed by atoms with Crippen LogP contribution >= 0.6 is 0 Å². The number of fused-ring (bicyclic) bond motifs is 1. The molecule has 3 rings (SSSR count). The van der Waals surface area contributed by atoms with Crippen molar-refractivity contribution in [1.29, 1.82) is 0 Å². The molecule has 0 aliphatic heterocycles. The lowest BCUT2D eigenvalue weighted by Gasteiger charge is -2.13. The molecular formula is C23H23NO5. The first-order valence-electron chi connectivity index (χ1n) is 9.37. The molecule has 0 saturated carbocycles. The van der Waals surface area contributed by atoms with Gasteiger partial charge in [-0.05, 0) is 42.7 Å². The Kier molecular flexibility index (Phi) is 6.44. The molecule has 3 aromatic rings. The number of pyridine rings is 1. The van der Waals surface area contributed by atoms with Crippen LogP contribution in [0.3, 0.4) is 0 Å². The van der Waals surface area contributed by atoms with Gasteiger partial charge in [-0.2, -0.15) is 0 Å². The number of benzene rings is 2. The summed E-state index contributed by atoms with van der Waals surface area (Å²) in [7, 11) is 1.31. The van der Waals surface area contributed by atoms with Crippen LogP contribution in [0, 0.1) is 6.92 Å². The molecule has 6 nitrogen and oxygen atoms in total. The highest BCUT2D eigenvalue weighted by molar-refractivity contribution is 5.98. The van der Waals surface area contributed by atoms with Gasteiger partial charge in [0, 0.05) is 5.39 Å². The van der Waals surface area contributed by atoms with Crippen LogP contribution in [0.15, 0.2) is 48.5 Å². The monoisotopic (exact) mass is 393 g/mol. The second-order valence-corrected chi connectivity index (χ2v) is 6.51. The summed E-state index contributed by atoms with van der Waals surface area (Å²) >= 11 is 0. The fraction of sp³-hybridized carbons (Fsp3) is 0.261. The second-order valence-electron chi connectivity index (χ2n) is 6.51. The third kappa shape index (κ3) is 4.71. The van der Waals surface area contributed by atoms with Crippen LogP contribution in [0.25, 0.3) is 10.9 Å². The van der Waals surface area contributed by atoms with Crippen molar-refractivity contribution >= 4 is 22.8 Å². The number of rotatable bonds is 7. The number of esters is 2. The minimum Gasteiger partial charge on any atom is -0.482 e. The summed E-state index contributed by atoms with van der Waals surface area (Å²) < 4.78 is 15.7. The maximum absolute atomic E-state index is 12.3. The summed E-state index contributed by atoms with van der Waals surface area (Å²) in [5.74, 6) is -0.471. The minimum absolute atomic E-state index is 0.146. The van der Waals surface area contributed by atoms with E-state index in [2.05, 4.69) is 11.9 Å². The fourth-order valence-corrected chi connectivity index (χ4v) is 3.07. The van der Waals surface area contributed by atoms with Crippen molar-refractivity contribution < 1.29 is 23.8 Å². The Bertz CT molecular complexity index is 1030. The predicted octanol–water partition coefficient (Wildman–Crippen LogP) is 4.01. The number of aryl methyl sites for hydroxylation is 2. The van der Waals surface area contributed by atoms with Crippen LogP contribution < -0.4 is 4.74 Å². The van der Waals surface area contributed by atoms with Crippen molar-refractivity contribution in [3.63, 3.8) is 0 Å². The number of aromatic nitrogens is 1. The van der Waals surface area contributed by atoms with Crippen molar-refractivity contribution in [2.24, 2.45) is 0 Å². The number of para-hydroxylation sites is 1. The molecule has 0 saturated heterocycles. The van der Waals surface area contributed by atoms with Crippen LogP contribution in [-0.4, -0.2) is 30.6 Å². The van der Waals surface area contributed by atoms with E-state index in [9.17, 15) is 9.59 Å². The molecule has 29 heavy (non-hydrogen) atoms. The third-order valence-corrected chi connectivity index (χ3v) is 4.67. The molecule has 1 heterocycles. The quantitative estimate of drug-likeness (QED) is 0.565. The molecule has 0 bridgehead atoms. The maximum Gasteiger partial charge on any atom is 0.344 e. The molecule has 0 radical (unpaired) electrons. The largest absolute Gasteiger partial charge is 0.482 e. The van der Waals surface area contributed by atoms with Gasteiger partial charge < -0.3 is 14.2 Å². The molecule has 0 aliphatic carbocycles. The van der Waals surface area contributed by atoms with Crippen molar-refractivity contribution in [1.82, 2.24) is 4.98 Å². The topological polar surface area (TPSA) is 74.7 Å². The third-order valence-electron chi connectivity index (χ3n) is 4.67. The average Bonchev–Trinajstić information content (AvgIpc) is 2.76. The Morgan fingerprint density at radius 3 is 2.45 bits per heavy atom. The lowest BCUT2D eigenvalue weighted by atomic mass is 10.0. The zero-order chi connectivity index (χ0) is 20.8. The normalized spacial score (nSPS) is 10.6. The Morgan fingerprint density at radius 1 is 1.03 bits per heavy atom. The average molecular weight is 393 g/mol. The predicted molar refractivity (Wildman–Crippen MR) is 109 cm³/mol. The highest BCUT2D eigenvalue weighted by Crippen LogP contribution is 2.24. The van der Waals surface area contributed by atoms with Gasteiger partial charge in [-0.3, -0.25) is 0 Å². The van der Waals surface area contributed by atoms with Gasteiger partial charge in [-0.15, -0.1) is 0 Å². The van der Waals surface area contributed by atoms with Gasteiger partial charge in [0.25, 0.3) is 0 Å². The smallest absolute Gasteiger partial charge is 0.344 e. The van der Waals surface area contributed by atoms with E-state index in [-0.39, 0.29) is 13.2 Å². The number of ether oxygens (including phenoxy) is 3. The molecule has 150 valence electrons. The van der Waals surface area contributed by atoms with Crippen LogP contribution in [0.1, 0.15) is 34.1 Å². The first kappa shape index (κ1) is 20.3. The van der Waals surface area contributed by atoms with E-state index in [1.54, 1.807) is 0 Å². The Hall–Kier alpha value is -3.41. The van der Waals surface area contributed by atoms with E-state index in [0.29, 0.717) is 17.0 Å². The summed E-state index contributed by atoms with van der Waals surface area (Å²) in [6.45, 7) is 3.52. The first-order chi connectivity index (χ1) is 14.0. The Labute approximate surface area is 169 Å². The number of carbonyl (C=O) groups is 2. The fourth-order valence-electron chi connectivity index (χ4n) is 3.07. The van der Waals surface area contributed by atoms with Gasteiger partial charge >= 0.3 is 11.9 Å². The highest BCUT2D eigenvalue weighted by Gasteiger charge is 2.20. The number of nitrogens with zero attached hydrogens (tertiary/aromatic N) is 1. The summed E-state index contributed by atoms with van der Waals surface area (Å²) in [4.78, 5) is 28.9. The number of methoxy groups -OCH3 is 1. The SMILES string of the molecule is CCc1ccc(OCC(=O)OCc2nc3ccccc3c(C)c2C(=O)OC)cc1. The molecule has 1 aromatic heterocycles. The molecule has 0 N–H and O–H groups in total. The van der Waals surface area contributed by atoms with Gasteiger partial charge in [0.2, 0.25) is 0 Å². The molecule has 2 aromatic carbocycles. The number of hydrogen-bond acceptors (Lipinski definition) is 6. The van der Waals surface area contributed by atoms with E-state index in [1.807, 2.05) is 55.5 Å². The zero-order valence-corrected chi connectivity index (χ0v) is 16.7. The molecule has 0 amide bonds. The molecule has 0 unspecified atom stereocenters. The van der Waals surface area contributed by atoms with Crippen molar-refractivity contribution in [2.45, 2.75) is 26.9 Å². The highest BCUT2D eigenvalue weighted by atomic mass is 16.6. The van der Waals surface area contributed by atoms with Crippen LogP contribution in [-0.2, 0) is 27.3 Å². The van der Waals surface area contributed by atoms with Crippen molar-refractivity contribution in [3.05, 3.63) is 70.9 Å². The maximum atomic E-state index is 12.3. The van der Waals surface area contributed by atoms with E-state index in [4.69, 9.17) is 14.2 Å². The van der Waals surface area contributed by atoms with Crippen LogP contribution in [0.4, 0.5) is 0 Å². The molecular weight excluding hydrogens is 370 g/mol. The van der Waals surface area contributed by atoms with Gasteiger partial charge in [0.15, 0.2) is 6.61 Å². The van der Waals surface area contributed by atoms with Gasteiger partial charge in [-0.25, -0.2) is 14.6 Å². The zero-order valence-electron chi connectivity index (χ0n) is 16.7. The van der Waals surface area contributed by atoms with E-state index in [1.165, 1.54) is 12.7 Å². The van der Waals surface area contributed by atoms with Gasteiger partial charge in [0.05, 0.1) is 23.9 Å². The molecule has 0 spiro atoms. The molecule has 0 fully saturated rings. The number of carbonyl (C=O) groups excluding carboxylic acids is 2. The Morgan fingerprint density at radius 2 is 1.76 bits per heavy atom. The molecule has 6 heteroatoms. The minimum atomic E-state index is -0.548. The van der Waals surface area contributed by atoms with E-state index >= 15 is 0 Å².